The maximum absolute atomic E-state index is 12.4. The SMILES string of the molecule is COC(=O)Cn1cnc2cc(-c3ccc(OC)cc3)sc2c1=O. The fourth-order valence-electron chi connectivity index (χ4n) is 2.16. The molecule has 0 N–H and O–H groups in total. The maximum atomic E-state index is 12.4. The molecule has 0 saturated heterocycles. The van der Waals surface area contributed by atoms with E-state index in [1.807, 2.05) is 30.3 Å². The van der Waals surface area contributed by atoms with E-state index in [2.05, 4.69) is 9.72 Å². The molecular formula is C16H14N2O4S. The van der Waals surface area contributed by atoms with Gasteiger partial charge in [0, 0.05) is 4.88 Å². The Kier molecular flexibility index (Phi) is 4.12. The van der Waals surface area contributed by atoms with E-state index in [9.17, 15) is 9.59 Å². The second-order valence-electron chi connectivity index (χ2n) is 4.81. The average molecular weight is 330 g/mol. The van der Waals surface area contributed by atoms with Gasteiger partial charge in [-0.05, 0) is 35.9 Å². The molecule has 0 aliphatic rings. The van der Waals surface area contributed by atoms with Gasteiger partial charge in [-0.3, -0.25) is 14.2 Å². The second-order valence-corrected chi connectivity index (χ2v) is 5.86. The molecule has 2 aromatic heterocycles. The number of fused-ring (bicyclic) bond motifs is 1. The number of hydrogen-bond donors (Lipinski definition) is 0. The van der Waals surface area contributed by atoms with Crippen LogP contribution in [-0.2, 0) is 16.1 Å². The molecule has 118 valence electrons. The number of rotatable bonds is 4. The summed E-state index contributed by atoms with van der Waals surface area (Å²) >= 11 is 1.35. The Morgan fingerprint density at radius 1 is 1.26 bits per heavy atom. The maximum Gasteiger partial charge on any atom is 0.325 e. The zero-order valence-corrected chi connectivity index (χ0v) is 13.4. The number of ether oxygens (including phenoxy) is 2. The van der Waals surface area contributed by atoms with Gasteiger partial charge in [0.25, 0.3) is 5.56 Å². The van der Waals surface area contributed by atoms with Gasteiger partial charge in [0.2, 0.25) is 0 Å². The van der Waals surface area contributed by atoms with Crippen LogP contribution in [0.5, 0.6) is 5.75 Å². The van der Waals surface area contributed by atoms with Crippen LogP contribution in [-0.4, -0.2) is 29.7 Å². The van der Waals surface area contributed by atoms with E-state index in [0.717, 1.165) is 16.2 Å². The van der Waals surface area contributed by atoms with Crippen molar-refractivity contribution in [1.29, 1.82) is 0 Å². The van der Waals surface area contributed by atoms with Gasteiger partial charge < -0.3 is 9.47 Å². The minimum Gasteiger partial charge on any atom is -0.497 e. The molecule has 0 amide bonds. The first-order valence-electron chi connectivity index (χ1n) is 6.82. The summed E-state index contributed by atoms with van der Waals surface area (Å²) < 4.78 is 11.5. The molecule has 2 heterocycles. The van der Waals surface area contributed by atoms with E-state index < -0.39 is 5.97 Å². The van der Waals surface area contributed by atoms with Crippen molar-refractivity contribution >= 4 is 27.5 Å². The fourth-order valence-corrected chi connectivity index (χ4v) is 3.22. The van der Waals surface area contributed by atoms with Gasteiger partial charge in [-0.15, -0.1) is 11.3 Å². The molecule has 0 atom stereocenters. The number of thiophene rings is 1. The molecule has 0 bridgehead atoms. The molecule has 3 aromatic rings. The average Bonchev–Trinajstić information content (AvgIpc) is 3.02. The molecule has 0 radical (unpaired) electrons. The van der Waals surface area contributed by atoms with Crippen LogP contribution in [0.25, 0.3) is 20.7 Å². The minimum absolute atomic E-state index is 0.145. The highest BCUT2D eigenvalue weighted by Gasteiger charge is 2.12. The number of aromatic nitrogens is 2. The predicted molar refractivity (Wildman–Crippen MR) is 87.9 cm³/mol. The lowest BCUT2D eigenvalue weighted by Crippen LogP contribution is -2.24. The van der Waals surface area contributed by atoms with Crippen LogP contribution in [0.15, 0.2) is 41.5 Å². The van der Waals surface area contributed by atoms with Gasteiger partial charge in [0.1, 0.15) is 17.0 Å². The molecule has 0 saturated carbocycles. The van der Waals surface area contributed by atoms with Crippen molar-refractivity contribution in [3.8, 4) is 16.2 Å². The third-order valence-corrected chi connectivity index (χ3v) is 4.57. The zero-order chi connectivity index (χ0) is 16.4. The van der Waals surface area contributed by atoms with E-state index >= 15 is 0 Å². The summed E-state index contributed by atoms with van der Waals surface area (Å²) in [5, 5.41) is 0. The first-order valence-corrected chi connectivity index (χ1v) is 7.64. The van der Waals surface area contributed by atoms with Crippen LogP contribution < -0.4 is 10.3 Å². The van der Waals surface area contributed by atoms with Gasteiger partial charge in [-0.25, -0.2) is 4.98 Å². The topological polar surface area (TPSA) is 70.4 Å². The number of esters is 1. The highest BCUT2D eigenvalue weighted by molar-refractivity contribution is 7.22. The Bertz CT molecular complexity index is 912. The van der Waals surface area contributed by atoms with E-state index in [1.54, 1.807) is 7.11 Å². The van der Waals surface area contributed by atoms with Crippen LogP contribution in [0.3, 0.4) is 0 Å². The van der Waals surface area contributed by atoms with E-state index in [1.165, 1.54) is 29.3 Å². The summed E-state index contributed by atoms with van der Waals surface area (Å²) in [5.74, 6) is 0.286. The summed E-state index contributed by atoms with van der Waals surface area (Å²) in [5.41, 5.74) is 1.35. The number of benzene rings is 1. The summed E-state index contributed by atoms with van der Waals surface area (Å²) in [6.07, 6.45) is 1.37. The van der Waals surface area contributed by atoms with E-state index in [4.69, 9.17) is 4.74 Å². The van der Waals surface area contributed by atoms with Crippen molar-refractivity contribution in [2.45, 2.75) is 6.54 Å². The molecule has 0 fully saturated rings. The quantitative estimate of drug-likeness (QED) is 0.687. The van der Waals surface area contributed by atoms with Crippen LogP contribution in [0.1, 0.15) is 0 Å². The van der Waals surface area contributed by atoms with E-state index in [-0.39, 0.29) is 12.1 Å². The second kappa shape index (κ2) is 6.21. The number of nitrogens with zero attached hydrogens (tertiary/aromatic N) is 2. The van der Waals surface area contributed by atoms with Crippen molar-refractivity contribution in [3.05, 3.63) is 47.0 Å². The third kappa shape index (κ3) is 2.95. The zero-order valence-electron chi connectivity index (χ0n) is 12.6. The Balaban J connectivity index is 2.02. The lowest BCUT2D eigenvalue weighted by Gasteiger charge is -2.02. The molecule has 0 unspecified atom stereocenters. The first-order chi connectivity index (χ1) is 11.1. The largest absolute Gasteiger partial charge is 0.497 e. The van der Waals surface area contributed by atoms with Gasteiger partial charge in [0.05, 0.1) is 26.1 Å². The highest BCUT2D eigenvalue weighted by atomic mass is 32.1. The lowest BCUT2D eigenvalue weighted by molar-refractivity contribution is -0.141. The predicted octanol–water partition coefficient (Wildman–Crippen LogP) is 2.31. The van der Waals surface area contributed by atoms with Gasteiger partial charge in [0.15, 0.2) is 0 Å². The van der Waals surface area contributed by atoms with Crippen molar-refractivity contribution in [1.82, 2.24) is 9.55 Å². The summed E-state index contributed by atoms with van der Waals surface area (Å²) in [7, 11) is 2.90. The molecule has 1 aromatic carbocycles. The molecule has 23 heavy (non-hydrogen) atoms. The normalized spacial score (nSPS) is 10.7. The van der Waals surface area contributed by atoms with Crippen molar-refractivity contribution in [2.75, 3.05) is 14.2 Å². The molecule has 0 spiro atoms. The summed E-state index contributed by atoms with van der Waals surface area (Å²) in [6.45, 7) is -0.145. The summed E-state index contributed by atoms with van der Waals surface area (Å²) in [4.78, 5) is 29.0. The van der Waals surface area contributed by atoms with Gasteiger partial charge in [-0.2, -0.15) is 0 Å². The highest BCUT2D eigenvalue weighted by Crippen LogP contribution is 2.31. The molecule has 0 aliphatic heterocycles. The summed E-state index contributed by atoms with van der Waals surface area (Å²) in [6, 6.07) is 9.45. The first kappa shape index (κ1) is 15.2. The van der Waals surface area contributed by atoms with Gasteiger partial charge in [-0.1, -0.05) is 0 Å². The smallest absolute Gasteiger partial charge is 0.325 e. The molecule has 0 aliphatic carbocycles. The molecule has 6 nitrogen and oxygen atoms in total. The van der Waals surface area contributed by atoms with Crippen LogP contribution in [0.2, 0.25) is 0 Å². The lowest BCUT2D eigenvalue weighted by atomic mass is 10.2. The number of carbonyl (C=O) groups is 1. The fraction of sp³-hybridized carbons (Fsp3) is 0.188. The monoisotopic (exact) mass is 330 g/mol. The minimum atomic E-state index is -0.486. The molecule has 7 heteroatoms. The number of carbonyl (C=O) groups excluding carboxylic acids is 1. The Morgan fingerprint density at radius 2 is 2.00 bits per heavy atom. The van der Waals surface area contributed by atoms with Crippen LogP contribution in [0, 0.1) is 0 Å². The Labute approximate surface area is 135 Å². The van der Waals surface area contributed by atoms with Crippen LogP contribution in [0.4, 0.5) is 0 Å². The van der Waals surface area contributed by atoms with Crippen molar-refractivity contribution < 1.29 is 14.3 Å². The van der Waals surface area contributed by atoms with Crippen LogP contribution >= 0.6 is 11.3 Å². The molecule has 3 rings (SSSR count). The van der Waals surface area contributed by atoms with E-state index in [0.29, 0.717) is 10.2 Å². The van der Waals surface area contributed by atoms with Gasteiger partial charge >= 0.3 is 5.97 Å². The Morgan fingerprint density at radius 3 is 2.65 bits per heavy atom. The number of methoxy groups -OCH3 is 2. The van der Waals surface area contributed by atoms with Crippen molar-refractivity contribution in [3.63, 3.8) is 0 Å². The molecular weight excluding hydrogens is 316 g/mol. The number of hydrogen-bond acceptors (Lipinski definition) is 6. The third-order valence-electron chi connectivity index (χ3n) is 3.41. The standard InChI is InChI=1S/C16H14N2O4S/c1-21-11-5-3-10(4-6-11)13-7-12-15(23-13)16(20)18(9-17-12)8-14(19)22-2/h3-7,9H,8H2,1-2H3. The Hall–Kier alpha value is -2.67. The van der Waals surface area contributed by atoms with Crippen molar-refractivity contribution in [2.24, 2.45) is 0 Å².